The van der Waals surface area contributed by atoms with Crippen LogP contribution < -0.4 is 0 Å². The van der Waals surface area contributed by atoms with Gasteiger partial charge in [0.2, 0.25) is 0 Å². The number of carbonyl (C=O) groups is 1. The van der Waals surface area contributed by atoms with Crippen molar-refractivity contribution in [2.24, 2.45) is 0 Å². The van der Waals surface area contributed by atoms with Gasteiger partial charge >= 0.3 is 12.1 Å². The Bertz CT molecular complexity index is 229. The first kappa shape index (κ1) is 15.0. The summed E-state index contributed by atoms with van der Waals surface area (Å²) < 4.78 is 40.6. The summed E-state index contributed by atoms with van der Waals surface area (Å²) in [6, 6.07) is 0. The zero-order chi connectivity index (χ0) is 12.6. The summed E-state index contributed by atoms with van der Waals surface area (Å²) >= 11 is 0. The van der Waals surface area contributed by atoms with E-state index in [0.29, 0.717) is 0 Å². The lowest BCUT2D eigenvalue weighted by Gasteiger charge is -2.20. The molecule has 16 heavy (non-hydrogen) atoms. The maximum Gasteiger partial charge on any atom is 0.390 e. The van der Waals surface area contributed by atoms with E-state index in [1.165, 1.54) is 11.0 Å². The van der Waals surface area contributed by atoms with Crippen LogP contribution in [0.25, 0.3) is 0 Å². The number of ether oxygens (including phenoxy) is 1. The van der Waals surface area contributed by atoms with Gasteiger partial charge in [-0.1, -0.05) is 6.08 Å². The molecule has 3 nitrogen and oxygen atoms in total. The molecule has 0 heterocycles. The third-order valence-electron chi connectivity index (χ3n) is 1.76. The number of hydrogen-bond donors (Lipinski definition) is 0. The van der Waals surface area contributed by atoms with Crippen molar-refractivity contribution in [1.82, 2.24) is 4.90 Å². The average molecular weight is 239 g/mol. The Morgan fingerprint density at radius 1 is 1.50 bits per heavy atom. The summed E-state index contributed by atoms with van der Waals surface area (Å²) in [4.78, 5) is 12.4. The topological polar surface area (TPSA) is 29.5 Å². The molecule has 0 saturated heterocycles. The van der Waals surface area contributed by atoms with Crippen LogP contribution in [0.4, 0.5) is 13.2 Å². The molecule has 0 aliphatic rings. The third-order valence-corrected chi connectivity index (χ3v) is 1.76. The Labute approximate surface area is 92.9 Å². The van der Waals surface area contributed by atoms with Crippen molar-refractivity contribution in [1.29, 1.82) is 0 Å². The standard InChI is InChI=1S/C10H16F3NO2/c1-3-6-14(7-5-10(11,12)13)8-9(15)16-4-2/h3H,1,4-8H2,2H3. The molecule has 0 saturated carbocycles. The molecule has 0 aromatic heterocycles. The van der Waals surface area contributed by atoms with Gasteiger partial charge in [0.15, 0.2) is 0 Å². The SMILES string of the molecule is C=CCN(CCC(F)(F)F)CC(=O)OCC. The van der Waals surface area contributed by atoms with Crippen molar-refractivity contribution in [3.05, 3.63) is 12.7 Å². The van der Waals surface area contributed by atoms with E-state index in [4.69, 9.17) is 0 Å². The van der Waals surface area contributed by atoms with E-state index >= 15 is 0 Å². The highest BCUT2D eigenvalue weighted by molar-refractivity contribution is 5.71. The fraction of sp³-hybridized carbons (Fsp3) is 0.700. The maximum absolute atomic E-state index is 12.0. The van der Waals surface area contributed by atoms with E-state index in [2.05, 4.69) is 11.3 Å². The molecule has 0 aliphatic carbocycles. The minimum atomic E-state index is -4.21. The molecular formula is C10H16F3NO2. The van der Waals surface area contributed by atoms with Crippen molar-refractivity contribution < 1.29 is 22.7 Å². The van der Waals surface area contributed by atoms with Gasteiger partial charge in [0.05, 0.1) is 19.6 Å². The highest BCUT2D eigenvalue weighted by atomic mass is 19.4. The zero-order valence-electron chi connectivity index (χ0n) is 9.22. The molecule has 0 radical (unpaired) electrons. The van der Waals surface area contributed by atoms with Gasteiger partial charge in [-0.25, -0.2) is 0 Å². The Morgan fingerprint density at radius 2 is 2.12 bits per heavy atom. The number of nitrogens with zero attached hydrogens (tertiary/aromatic N) is 1. The molecule has 6 heteroatoms. The summed E-state index contributed by atoms with van der Waals surface area (Å²) in [5.74, 6) is -0.522. The number of halogens is 3. The van der Waals surface area contributed by atoms with Crippen LogP contribution in [0.15, 0.2) is 12.7 Å². The number of hydrogen-bond acceptors (Lipinski definition) is 3. The lowest BCUT2D eigenvalue weighted by atomic mass is 10.3. The van der Waals surface area contributed by atoms with Crippen molar-refractivity contribution in [3.63, 3.8) is 0 Å². The molecule has 0 amide bonds. The summed E-state index contributed by atoms with van der Waals surface area (Å²) in [5.41, 5.74) is 0. The Balaban J connectivity index is 4.06. The smallest absolute Gasteiger partial charge is 0.390 e. The fourth-order valence-electron chi connectivity index (χ4n) is 1.09. The number of esters is 1. The Morgan fingerprint density at radius 3 is 2.56 bits per heavy atom. The first-order valence-electron chi connectivity index (χ1n) is 4.94. The quantitative estimate of drug-likeness (QED) is 0.502. The van der Waals surface area contributed by atoms with Crippen molar-refractivity contribution in [2.75, 3.05) is 26.2 Å². The van der Waals surface area contributed by atoms with E-state index in [9.17, 15) is 18.0 Å². The van der Waals surface area contributed by atoms with Crippen LogP contribution in [0.2, 0.25) is 0 Å². The molecular weight excluding hydrogens is 223 g/mol. The summed E-state index contributed by atoms with van der Waals surface area (Å²) in [5, 5.41) is 0. The summed E-state index contributed by atoms with van der Waals surface area (Å²) in [6.07, 6.45) is -3.70. The highest BCUT2D eigenvalue weighted by Crippen LogP contribution is 2.19. The van der Waals surface area contributed by atoms with Gasteiger partial charge in [-0.05, 0) is 6.92 Å². The lowest BCUT2D eigenvalue weighted by molar-refractivity contribution is -0.148. The minimum Gasteiger partial charge on any atom is -0.465 e. The molecule has 0 fully saturated rings. The van der Waals surface area contributed by atoms with Gasteiger partial charge in [-0.2, -0.15) is 13.2 Å². The predicted octanol–water partition coefficient (Wildman–Crippen LogP) is 1.99. The van der Waals surface area contributed by atoms with Crippen LogP contribution >= 0.6 is 0 Å². The van der Waals surface area contributed by atoms with Gasteiger partial charge in [-0.3, -0.25) is 9.69 Å². The van der Waals surface area contributed by atoms with Crippen LogP contribution in [0, 0.1) is 0 Å². The second-order valence-electron chi connectivity index (χ2n) is 3.19. The first-order valence-corrected chi connectivity index (χ1v) is 4.94. The largest absolute Gasteiger partial charge is 0.465 e. The van der Waals surface area contributed by atoms with Gasteiger partial charge in [0.1, 0.15) is 0 Å². The molecule has 0 aromatic rings. The number of carbonyl (C=O) groups excluding carboxylic acids is 1. The molecule has 0 aliphatic heterocycles. The Hall–Kier alpha value is -1.04. The van der Waals surface area contributed by atoms with Gasteiger partial charge in [0.25, 0.3) is 0 Å². The second-order valence-corrected chi connectivity index (χ2v) is 3.19. The summed E-state index contributed by atoms with van der Waals surface area (Å²) in [6.45, 7) is 5.15. The first-order chi connectivity index (χ1) is 7.39. The van der Waals surface area contributed by atoms with Crippen molar-refractivity contribution in [3.8, 4) is 0 Å². The van der Waals surface area contributed by atoms with Crippen LogP contribution in [-0.2, 0) is 9.53 Å². The van der Waals surface area contributed by atoms with Crippen LogP contribution in [0.3, 0.4) is 0 Å². The van der Waals surface area contributed by atoms with E-state index in [1.807, 2.05) is 0 Å². The van der Waals surface area contributed by atoms with Crippen LogP contribution in [-0.4, -0.2) is 43.3 Å². The third kappa shape index (κ3) is 8.28. The summed E-state index contributed by atoms with van der Waals surface area (Å²) in [7, 11) is 0. The predicted molar refractivity (Wildman–Crippen MR) is 53.9 cm³/mol. The molecule has 0 rings (SSSR count). The Kier molecular flexibility index (Phi) is 6.80. The lowest BCUT2D eigenvalue weighted by Crippen LogP contribution is -2.34. The number of alkyl halides is 3. The minimum absolute atomic E-state index is 0.143. The fourth-order valence-corrected chi connectivity index (χ4v) is 1.09. The van der Waals surface area contributed by atoms with Crippen molar-refractivity contribution >= 4 is 5.97 Å². The van der Waals surface area contributed by atoms with Gasteiger partial charge < -0.3 is 4.74 Å². The molecule has 94 valence electrons. The second kappa shape index (κ2) is 7.27. The van der Waals surface area contributed by atoms with Crippen LogP contribution in [0.1, 0.15) is 13.3 Å². The monoisotopic (exact) mass is 239 g/mol. The van der Waals surface area contributed by atoms with E-state index in [0.717, 1.165) is 0 Å². The molecule has 0 atom stereocenters. The molecule has 0 unspecified atom stereocenters. The maximum atomic E-state index is 12.0. The molecule has 0 spiro atoms. The average Bonchev–Trinajstić information content (AvgIpc) is 2.14. The molecule has 0 N–H and O–H groups in total. The highest BCUT2D eigenvalue weighted by Gasteiger charge is 2.28. The molecule has 0 aromatic carbocycles. The normalized spacial score (nSPS) is 11.6. The van der Waals surface area contributed by atoms with E-state index < -0.39 is 18.6 Å². The van der Waals surface area contributed by atoms with E-state index in [-0.39, 0.29) is 26.2 Å². The van der Waals surface area contributed by atoms with Crippen LogP contribution in [0.5, 0.6) is 0 Å². The van der Waals surface area contributed by atoms with Crippen molar-refractivity contribution in [2.45, 2.75) is 19.5 Å². The van der Waals surface area contributed by atoms with Gasteiger partial charge in [0, 0.05) is 13.1 Å². The molecule has 0 bridgehead atoms. The van der Waals surface area contributed by atoms with Gasteiger partial charge in [-0.15, -0.1) is 6.58 Å². The number of rotatable bonds is 7. The zero-order valence-corrected chi connectivity index (χ0v) is 9.22. The van der Waals surface area contributed by atoms with E-state index in [1.54, 1.807) is 6.92 Å².